The Bertz CT molecular complexity index is 496. The third kappa shape index (κ3) is 5.28. The standard InChI is InChI=1S/C19H32N2O2/c1-13-7-6-8-19(16(13)4)17(5)20-9-18(22)12-21-10-14(2)23-15(3)11-21/h6-8,14-15,17-18,20,22H,9-12H2,1-5H3. The molecule has 0 aromatic heterocycles. The minimum Gasteiger partial charge on any atom is -0.390 e. The van der Waals surface area contributed by atoms with Gasteiger partial charge in [-0.05, 0) is 51.3 Å². The number of β-amino-alcohol motifs (C(OH)–C–C–N with tert-alkyl or cyclic N) is 1. The number of benzene rings is 1. The van der Waals surface area contributed by atoms with Crippen LogP contribution in [0.25, 0.3) is 0 Å². The molecule has 0 bridgehead atoms. The van der Waals surface area contributed by atoms with Crippen molar-refractivity contribution in [3.63, 3.8) is 0 Å². The lowest BCUT2D eigenvalue weighted by Gasteiger charge is -2.36. The number of aliphatic hydroxyl groups excluding tert-OH is 1. The van der Waals surface area contributed by atoms with Gasteiger partial charge in [0.15, 0.2) is 0 Å². The van der Waals surface area contributed by atoms with E-state index in [0.29, 0.717) is 13.1 Å². The van der Waals surface area contributed by atoms with Crippen molar-refractivity contribution in [3.05, 3.63) is 34.9 Å². The van der Waals surface area contributed by atoms with E-state index in [1.807, 2.05) is 0 Å². The molecule has 1 aliphatic rings. The third-order valence-corrected chi connectivity index (χ3v) is 4.74. The minimum atomic E-state index is -0.361. The molecule has 0 spiro atoms. The summed E-state index contributed by atoms with van der Waals surface area (Å²) >= 11 is 0. The van der Waals surface area contributed by atoms with Crippen LogP contribution in [0.3, 0.4) is 0 Å². The van der Waals surface area contributed by atoms with E-state index in [2.05, 4.69) is 63.0 Å². The Labute approximate surface area is 140 Å². The summed E-state index contributed by atoms with van der Waals surface area (Å²) in [7, 11) is 0. The average Bonchev–Trinajstić information content (AvgIpc) is 2.46. The van der Waals surface area contributed by atoms with Crippen molar-refractivity contribution in [2.45, 2.75) is 59.0 Å². The van der Waals surface area contributed by atoms with Crippen LogP contribution in [-0.4, -0.2) is 54.5 Å². The summed E-state index contributed by atoms with van der Waals surface area (Å²) in [6.07, 6.45) is 0.126. The SMILES string of the molecule is Cc1cccc(C(C)NCC(O)CN2CC(C)OC(C)C2)c1C. The number of aliphatic hydroxyl groups is 1. The fourth-order valence-corrected chi connectivity index (χ4v) is 3.46. The molecule has 2 rings (SSSR count). The van der Waals surface area contributed by atoms with Crippen molar-refractivity contribution < 1.29 is 9.84 Å². The molecule has 4 heteroatoms. The number of rotatable bonds is 6. The molecular formula is C19H32N2O2. The Hall–Kier alpha value is -0.940. The predicted octanol–water partition coefficient (Wildman–Crippen LogP) is 2.42. The van der Waals surface area contributed by atoms with Crippen LogP contribution in [0.2, 0.25) is 0 Å². The van der Waals surface area contributed by atoms with Crippen LogP contribution in [0, 0.1) is 13.8 Å². The third-order valence-electron chi connectivity index (χ3n) is 4.74. The highest BCUT2D eigenvalue weighted by Crippen LogP contribution is 2.20. The van der Waals surface area contributed by atoms with E-state index in [1.54, 1.807) is 0 Å². The molecule has 0 amide bonds. The molecule has 4 atom stereocenters. The highest BCUT2D eigenvalue weighted by molar-refractivity contribution is 5.35. The molecular weight excluding hydrogens is 288 g/mol. The van der Waals surface area contributed by atoms with Crippen LogP contribution >= 0.6 is 0 Å². The van der Waals surface area contributed by atoms with E-state index >= 15 is 0 Å². The normalized spacial score (nSPS) is 25.3. The largest absolute Gasteiger partial charge is 0.390 e. The highest BCUT2D eigenvalue weighted by Gasteiger charge is 2.24. The second-order valence-corrected chi connectivity index (χ2v) is 7.05. The zero-order valence-electron chi connectivity index (χ0n) is 15.2. The molecule has 1 aliphatic heterocycles. The summed E-state index contributed by atoms with van der Waals surface area (Å²) in [6.45, 7) is 13.7. The zero-order valence-corrected chi connectivity index (χ0v) is 15.2. The van der Waals surface area contributed by atoms with E-state index in [-0.39, 0.29) is 24.4 Å². The first-order valence-electron chi connectivity index (χ1n) is 8.72. The van der Waals surface area contributed by atoms with Gasteiger partial charge in [-0.1, -0.05) is 18.2 Å². The summed E-state index contributed by atoms with van der Waals surface area (Å²) in [5, 5.41) is 13.8. The van der Waals surface area contributed by atoms with E-state index in [9.17, 15) is 5.11 Å². The number of hydrogen-bond acceptors (Lipinski definition) is 4. The second-order valence-electron chi connectivity index (χ2n) is 7.05. The number of hydrogen-bond donors (Lipinski definition) is 2. The number of nitrogens with zero attached hydrogens (tertiary/aromatic N) is 1. The summed E-state index contributed by atoms with van der Waals surface area (Å²) in [6, 6.07) is 6.65. The second kappa shape index (κ2) is 8.25. The highest BCUT2D eigenvalue weighted by atomic mass is 16.5. The lowest BCUT2D eigenvalue weighted by molar-refractivity contribution is -0.0763. The summed E-state index contributed by atoms with van der Waals surface area (Å²) < 4.78 is 5.74. The van der Waals surface area contributed by atoms with Crippen molar-refractivity contribution in [2.24, 2.45) is 0 Å². The van der Waals surface area contributed by atoms with Gasteiger partial charge < -0.3 is 15.2 Å². The summed E-state index contributed by atoms with van der Waals surface area (Å²) in [5.74, 6) is 0. The molecule has 1 heterocycles. The van der Waals surface area contributed by atoms with Gasteiger partial charge in [-0.2, -0.15) is 0 Å². The topological polar surface area (TPSA) is 44.7 Å². The predicted molar refractivity (Wildman–Crippen MR) is 94.8 cm³/mol. The van der Waals surface area contributed by atoms with Crippen LogP contribution in [-0.2, 0) is 4.74 Å². The number of ether oxygens (including phenoxy) is 1. The molecule has 1 aromatic rings. The van der Waals surface area contributed by atoms with E-state index in [0.717, 1.165) is 13.1 Å². The van der Waals surface area contributed by atoms with E-state index in [4.69, 9.17) is 4.74 Å². The maximum absolute atomic E-state index is 10.3. The van der Waals surface area contributed by atoms with Gasteiger partial charge in [-0.3, -0.25) is 4.90 Å². The Morgan fingerprint density at radius 1 is 1.26 bits per heavy atom. The minimum absolute atomic E-state index is 0.243. The van der Waals surface area contributed by atoms with Crippen LogP contribution in [0.5, 0.6) is 0 Å². The quantitative estimate of drug-likeness (QED) is 0.845. The number of morpholine rings is 1. The Morgan fingerprint density at radius 2 is 1.91 bits per heavy atom. The van der Waals surface area contributed by atoms with Crippen molar-refractivity contribution in [1.29, 1.82) is 0 Å². The molecule has 1 fully saturated rings. The molecule has 4 unspecified atom stereocenters. The van der Waals surface area contributed by atoms with E-state index < -0.39 is 0 Å². The Kier molecular flexibility index (Phi) is 6.60. The Balaban J connectivity index is 1.81. The fourth-order valence-electron chi connectivity index (χ4n) is 3.46. The van der Waals surface area contributed by atoms with Gasteiger partial charge in [0.2, 0.25) is 0 Å². The maximum Gasteiger partial charge on any atom is 0.0791 e. The molecule has 0 saturated carbocycles. The van der Waals surface area contributed by atoms with Crippen molar-refractivity contribution in [2.75, 3.05) is 26.2 Å². The number of aryl methyl sites for hydroxylation is 1. The van der Waals surface area contributed by atoms with Gasteiger partial charge >= 0.3 is 0 Å². The molecule has 0 aliphatic carbocycles. The number of nitrogens with one attached hydrogen (secondary N) is 1. The van der Waals surface area contributed by atoms with Crippen LogP contribution in [0.15, 0.2) is 18.2 Å². The first-order chi connectivity index (χ1) is 10.9. The lowest BCUT2D eigenvalue weighted by Crippen LogP contribution is -2.49. The van der Waals surface area contributed by atoms with Crippen LogP contribution < -0.4 is 5.32 Å². The van der Waals surface area contributed by atoms with Crippen molar-refractivity contribution >= 4 is 0 Å². The van der Waals surface area contributed by atoms with Gasteiger partial charge in [0, 0.05) is 32.2 Å². The molecule has 130 valence electrons. The van der Waals surface area contributed by atoms with E-state index in [1.165, 1.54) is 16.7 Å². The van der Waals surface area contributed by atoms with Crippen molar-refractivity contribution in [3.8, 4) is 0 Å². The maximum atomic E-state index is 10.3. The van der Waals surface area contributed by atoms with Crippen LogP contribution in [0.1, 0.15) is 43.5 Å². The fraction of sp³-hybridized carbons (Fsp3) is 0.684. The van der Waals surface area contributed by atoms with Gasteiger partial charge in [0.25, 0.3) is 0 Å². The molecule has 0 radical (unpaired) electrons. The smallest absolute Gasteiger partial charge is 0.0791 e. The first kappa shape index (κ1) is 18.4. The van der Waals surface area contributed by atoms with Gasteiger partial charge in [0.05, 0.1) is 18.3 Å². The Morgan fingerprint density at radius 3 is 2.57 bits per heavy atom. The molecule has 23 heavy (non-hydrogen) atoms. The summed E-state index contributed by atoms with van der Waals surface area (Å²) in [4.78, 5) is 2.30. The van der Waals surface area contributed by atoms with Gasteiger partial charge in [-0.25, -0.2) is 0 Å². The lowest BCUT2D eigenvalue weighted by atomic mass is 9.98. The summed E-state index contributed by atoms with van der Waals surface area (Å²) in [5.41, 5.74) is 3.96. The zero-order chi connectivity index (χ0) is 17.0. The molecule has 2 N–H and O–H groups in total. The van der Waals surface area contributed by atoms with Gasteiger partial charge in [0.1, 0.15) is 0 Å². The van der Waals surface area contributed by atoms with Gasteiger partial charge in [-0.15, -0.1) is 0 Å². The van der Waals surface area contributed by atoms with Crippen LogP contribution in [0.4, 0.5) is 0 Å². The molecule has 4 nitrogen and oxygen atoms in total. The first-order valence-corrected chi connectivity index (χ1v) is 8.72. The molecule has 1 saturated heterocycles. The average molecular weight is 320 g/mol. The van der Waals surface area contributed by atoms with Crippen molar-refractivity contribution in [1.82, 2.24) is 10.2 Å². The monoisotopic (exact) mass is 320 g/mol. The molecule has 1 aromatic carbocycles.